The number of benzene rings is 1. The van der Waals surface area contributed by atoms with Crippen LogP contribution in [0.25, 0.3) is 6.08 Å². The van der Waals surface area contributed by atoms with E-state index >= 15 is 0 Å². The predicted octanol–water partition coefficient (Wildman–Crippen LogP) is 2.69. The second kappa shape index (κ2) is 7.02. The summed E-state index contributed by atoms with van der Waals surface area (Å²) < 4.78 is 12.8. The van der Waals surface area contributed by atoms with E-state index in [0.29, 0.717) is 6.54 Å². The van der Waals surface area contributed by atoms with Gasteiger partial charge in [-0.3, -0.25) is 9.59 Å². The number of nitrogens with zero attached hydrogens (tertiary/aromatic N) is 1. The molecule has 0 aliphatic carbocycles. The van der Waals surface area contributed by atoms with E-state index in [1.54, 1.807) is 29.2 Å². The van der Waals surface area contributed by atoms with Gasteiger partial charge in [-0.25, -0.2) is 4.39 Å². The average Bonchev–Trinajstić information content (AvgIpc) is 2.88. The van der Waals surface area contributed by atoms with Gasteiger partial charge in [-0.15, -0.1) is 0 Å². The predicted molar refractivity (Wildman–Crippen MR) is 77.0 cm³/mol. The minimum Gasteiger partial charge on any atom is -0.481 e. The van der Waals surface area contributed by atoms with Crippen molar-refractivity contribution in [3.8, 4) is 0 Å². The highest BCUT2D eigenvalue weighted by Crippen LogP contribution is 2.21. The second-order valence-corrected chi connectivity index (χ2v) is 5.14. The third kappa shape index (κ3) is 4.41. The SMILES string of the molecule is O=C(O)C[C@@H]1CCCN1C(=O)C/C=C/c1ccc(F)cc1. The standard InChI is InChI=1S/C16H18FNO3/c17-13-8-6-12(7-9-13)3-1-5-15(19)18-10-2-4-14(18)11-16(20)21/h1,3,6-9,14H,2,4-5,10-11H2,(H,20,21)/b3-1+/t14-/m0/s1. The number of likely N-dealkylation sites (tertiary alicyclic amines) is 1. The number of carboxylic acid groups (broad SMARTS) is 1. The fourth-order valence-corrected chi connectivity index (χ4v) is 2.56. The van der Waals surface area contributed by atoms with E-state index < -0.39 is 5.97 Å². The van der Waals surface area contributed by atoms with Crippen molar-refractivity contribution in [3.05, 3.63) is 41.7 Å². The number of carbonyl (C=O) groups excluding carboxylic acids is 1. The van der Waals surface area contributed by atoms with Gasteiger partial charge in [0.15, 0.2) is 0 Å². The highest BCUT2D eigenvalue weighted by Gasteiger charge is 2.29. The molecular formula is C16H18FNO3. The zero-order chi connectivity index (χ0) is 15.2. The topological polar surface area (TPSA) is 57.6 Å². The third-order valence-electron chi connectivity index (χ3n) is 3.58. The van der Waals surface area contributed by atoms with Crippen molar-refractivity contribution in [2.45, 2.75) is 31.7 Å². The Balaban J connectivity index is 1.89. The molecule has 0 unspecified atom stereocenters. The van der Waals surface area contributed by atoms with Gasteiger partial charge in [-0.1, -0.05) is 24.3 Å². The van der Waals surface area contributed by atoms with E-state index in [2.05, 4.69) is 0 Å². The molecule has 2 rings (SSSR count). The molecule has 4 nitrogen and oxygen atoms in total. The van der Waals surface area contributed by atoms with Crippen molar-refractivity contribution < 1.29 is 19.1 Å². The fourth-order valence-electron chi connectivity index (χ4n) is 2.56. The lowest BCUT2D eigenvalue weighted by molar-refractivity contribution is -0.139. The summed E-state index contributed by atoms with van der Waals surface area (Å²) in [6.07, 6.45) is 5.33. The lowest BCUT2D eigenvalue weighted by Gasteiger charge is -2.22. The van der Waals surface area contributed by atoms with Crippen LogP contribution in [0.3, 0.4) is 0 Å². The van der Waals surface area contributed by atoms with Gasteiger partial charge >= 0.3 is 5.97 Å². The number of hydrogen-bond acceptors (Lipinski definition) is 2. The zero-order valence-corrected chi connectivity index (χ0v) is 11.7. The summed E-state index contributed by atoms with van der Waals surface area (Å²) in [7, 11) is 0. The molecule has 1 heterocycles. The van der Waals surface area contributed by atoms with Gasteiger partial charge in [0.25, 0.3) is 0 Å². The van der Waals surface area contributed by atoms with Crippen molar-refractivity contribution in [1.82, 2.24) is 4.90 Å². The maximum atomic E-state index is 12.8. The molecule has 1 aromatic carbocycles. The smallest absolute Gasteiger partial charge is 0.305 e. The number of hydrogen-bond donors (Lipinski definition) is 1. The summed E-state index contributed by atoms with van der Waals surface area (Å²) in [5, 5.41) is 8.84. The number of amides is 1. The molecular weight excluding hydrogens is 273 g/mol. The number of rotatable bonds is 5. The first-order chi connectivity index (χ1) is 10.1. The summed E-state index contributed by atoms with van der Waals surface area (Å²) >= 11 is 0. The molecule has 1 aliphatic rings. The van der Waals surface area contributed by atoms with Crippen LogP contribution in [-0.2, 0) is 9.59 Å². The van der Waals surface area contributed by atoms with Gasteiger partial charge in [-0.05, 0) is 30.5 Å². The molecule has 5 heteroatoms. The van der Waals surface area contributed by atoms with E-state index in [1.165, 1.54) is 12.1 Å². The maximum absolute atomic E-state index is 12.8. The molecule has 0 saturated carbocycles. The van der Waals surface area contributed by atoms with E-state index in [-0.39, 0.29) is 30.6 Å². The summed E-state index contributed by atoms with van der Waals surface area (Å²) in [5.74, 6) is -1.23. The van der Waals surface area contributed by atoms with E-state index in [4.69, 9.17) is 5.11 Å². The van der Waals surface area contributed by atoms with Crippen molar-refractivity contribution in [2.75, 3.05) is 6.54 Å². The number of carboxylic acids is 1. The monoisotopic (exact) mass is 291 g/mol. The Morgan fingerprint density at radius 3 is 2.71 bits per heavy atom. The van der Waals surface area contributed by atoms with Crippen LogP contribution >= 0.6 is 0 Å². The minimum atomic E-state index is -0.874. The van der Waals surface area contributed by atoms with Crippen LogP contribution in [0.2, 0.25) is 0 Å². The van der Waals surface area contributed by atoms with Crippen LogP contribution in [-0.4, -0.2) is 34.5 Å². The first-order valence-electron chi connectivity index (χ1n) is 6.99. The van der Waals surface area contributed by atoms with E-state index in [9.17, 15) is 14.0 Å². The highest BCUT2D eigenvalue weighted by molar-refractivity contribution is 5.80. The highest BCUT2D eigenvalue weighted by atomic mass is 19.1. The van der Waals surface area contributed by atoms with Gasteiger partial charge in [0.1, 0.15) is 5.82 Å². The summed E-state index contributed by atoms with van der Waals surface area (Å²) in [5.41, 5.74) is 0.827. The maximum Gasteiger partial charge on any atom is 0.305 e. The van der Waals surface area contributed by atoms with Crippen LogP contribution in [0.4, 0.5) is 4.39 Å². The normalized spacial score (nSPS) is 18.3. The van der Waals surface area contributed by atoms with Crippen LogP contribution < -0.4 is 0 Å². The number of carbonyl (C=O) groups is 2. The van der Waals surface area contributed by atoms with Gasteiger partial charge < -0.3 is 10.0 Å². The molecule has 0 bridgehead atoms. The fraction of sp³-hybridized carbons (Fsp3) is 0.375. The molecule has 1 amide bonds. The van der Waals surface area contributed by atoms with Crippen LogP contribution in [0.1, 0.15) is 31.2 Å². The van der Waals surface area contributed by atoms with Crippen molar-refractivity contribution in [1.29, 1.82) is 0 Å². The Morgan fingerprint density at radius 2 is 2.05 bits per heavy atom. The number of halogens is 1. The lowest BCUT2D eigenvalue weighted by Crippen LogP contribution is -2.36. The number of aliphatic carboxylic acids is 1. The summed E-state index contributed by atoms with van der Waals surface area (Å²) in [6.45, 7) is 0.626. The molecule has 0 aromatic heterocycles. The van der Waals surface area contributed by atoms with Gasteiger partial charge in [0, 0.05) is 19.0 Å². The quantitative estimate of drug-likeness (QED) is 0.907. The van der Waals surface area contributed by atoms with Crippen LogP contribution in [0.5, 0.6) is 0 Å². The molecule has 1 fully saturated rings. The van der Waals surface area contributed by atoms with Gasteiger partial charge in [0.2, 0.25) is 5.91 Å². The first-order valence-corrected chi connectivity index (χ1v) is 6.99. The molecule has 112 valence electrons. The Morgan fingerprint density at radius 1 is 1.33 bits per heavy atom. The minimum absolute atomic E-state index is 0.00736. The Kier molecular flexibility index (Phi) is 5.09. The van der Waals surface area contributed by atoms with E-state index in [0.717, 1.165) is 18.4 Å². The molecule has 1 N–H and O–H groups in total. The van der Waals surface area contributed by atoms with Gasteiger partial charge in [-0.2, -0.15) is 0 Å². The van der Waals surface area contributed by atoms with E-state index in [1.807, 2.05) is 0 Å². The molecule has 0 spiro atoms. The summed E-state index contributed by atoms with van der Waals surface area (Å²) in [4.78, 5) is 24.5. The van der Waals surface area contributed by atoms with Gasteiger partial charge in [0.05, 0.1) is 6.42 Å². The second-order valence-electron chi connectivity index (χ2n) is 5.14. The van der Waals surface area contributed by atoms with Crippen molar-refractivity contribution >= 4 is 18.0 Å². The largest absolute Gasteiger partial charge is 0.481 e. The first kappa shape index (κ1) is 15.2. The lowest BCUT2D eigenvalue weighted by atomic mass is 10.1. The summed E-state index contributed by atoms with van der Waals surface area (Å²) in [6, 6.07) is 5.82. The Hall–Kier alpha value is -2.17. The Bertz CT molecular complexity index is 539. The average molecular weight is 291 g/mol. The van der Waals surface area contributed by atoms with Crippen molar-refractivity contribution in [2.24, 2.45) is 0 Å². The van der Waals surface area contributed by atoms with Crippen LogP contribution in [0.15, 0.2) is 30.3 Å². The molecule has 21 heavy (non-hydrogen) atoms. The Labute approximate surface area is 122 Å². The zero-order valence-electron chi connectivity index (χ0n) is 11.7. The van der Waals surface area contributed by atoms with Crippen molar-refractivity contribution in [3.63, 3.8) is 0 Å². The molecule has 1 atom stereocenters. The molecule has 0 radical (unpaired) electrons. The third-order valence-corrected chi connectivity index (χ3v) is 3.58. The van der Waals surface area contributed by atoms with Crippen LogP contribution in [0, 0.1) is 5.82 Å². The molecule has 1 saturated heterocycles. The molecule has 1 aromatic rings. The molecule has 1 aliphatic heterocycles.